The van der Waals surface area contributed by atoms with E-state index in [1.54, 1.807) is 31.5 Å². The number of allylic oxidation sites excluding steroid dienone is 2. The molecule has 0 aliphatic heterocycles. The van der Waals surface area contributed by atoms with E-state index < -0.39 is 11.9 Å². The van der Waals surface area contributed by atoms with Crippen LogP contribution in [0.2, 0.25) is 0 Å². The van der Waals surface area contributed by atoms with Gasteiger partial charge in [-0.25, -0.2) is 9.59 Å². The summed E-state index contributed by atoms with van der Waals surface area (Å²) in [5.41, 5.74) is 1.42. The molecule has 1 aromatic heterocycles. The molecular weight excluding hydrogens is 246 g/mol. The summed E-state index contributed by atoms with van der Waals surface area (Å²) < 4.78 is 9.08. The molecule has 0 amide bonds. The van der Waals surface area contributed by atoms with E-state index in [2.05, 4.69) is 14.5 Å². The minimum absolute atomic E-state index is 0.150. The Morgan fingerprint density at radius 3 is 2.32 bits per heavy atom. The molecule has 1 rings (SSSR count). The fourth-order valence-electron chi connectivity index (χ4n) is 1.41. The minimum atomic E-state index is -0.731. The zero-order valence-corrected chi connectivity index (χ0v) is 11.0. The third-order valence-electron chi connectivity index (χ3n) is 2.26. The van der Waals surface area contributed by atoms with Gasteiger partial charge in [-0.2, -0.15) is 0 Å². The van der Waals surface area contributed by atoms with E-state index in [1.165, 1.54) is 20.3 Å². The number of aromatic nitrogens is 1. The van der Waals surface area contributed by atoms with E-state index in [-0.39, 0.29) is 5.57 Å². The maximum atomic E-state index is 11.5. The fourth-order valence-corrected chi connectivity index (χ4v) is 1.41. The minimum Gasteiger partial charge on any atom is -0.465 e. The second-order valence-electron chi connectivity index (χ2n) is 3.72. The molecule has 0 radical (unpaired) electrons. The zero-order chi connectivity index (χ0) is 14.3. The summed E-state index contributed by atoms with van der Waals surface area (Å²) in [6.45, 7) is 1.76. The Bertz CT molecular complexity index is 500. The molecule has 5 heteroatoms. The van der Waals surface area contributed by atoms with Crippen LogP contribution in [-0.2, 0) is 19.1 Å². The third-order valence-corrected chi connectivity index (χ3v) is 2.26. The Morgan fingerprint density at radius 1 is 1.21 bits per heavy atom. The third kappa shape index (κ3) is 4.39. The zero-order valence-electron chi connectivity index (χ0n) is 11.0. The summed E-state index contributed by atoms with van der Waals surface area (Å²) in [6.07, 6.45) is 6.55. The summed E-state index contributed by atoms with van der Waals surface area (Å²) in [6, 6.07) is 3.66. The Hall–Kier alpha value is -2.43. The van der Waals surface area contributed by atoms with Crippen LogP contribution in [0.15, 0.2) is 41.7 Å². The van der Waals surface area contributed by atoms with Gasteiger partial charge in [-0.1, -0.05) is 12.1 Å². The number of esters is 2. The van der Waals surface area contributed by atoms with Crippen molar-refractivity contribution in [1.82, 2.24) is 4.98 Å². The second-order valence-corrected chi connectivity index (χ2v) is 3.72. The Labute approximate surface area is 111 Å². The topological polar surface area (TPSA) is 65.5 Å². The average molecular weight is 261 g/mol. The Balaban J connectivity index is 3.05. The summed E-state index contributed by atoms with van der Waals surface area (Å²) >= 11 is 0. The predicted molar refractivity (Wildman–Crippen MR) is 70.0 cm³/mol. The lowest BCUT2D eigenvalue weighted by Gasteiger charge is -2.03. The first kappa shape index (κ1) is 14.6. The molecular formula is C14H15NO4. The Morgan fingerprint density at radius 2 is 1.84 bits per heavy atom. The number of pyridine rings is 1. The number of carbonyl (C=O) groups is 2. The van der Waals surface area contributed by atoms with Crippen molar-refractivity contribution in [1.29, 1.82) is 0 Å². The van der Waals surface area contributed by atoms with E-state index in [0.29, 0.717) is 5.57 Å². The van der Waals surface area contributed by atoms with Crippen LogP contribution in [0.1, 0.15) is 12.5 Å². The first-order chi connectivity index (χ1) is 9.08. The van der Waals surface area contributed by atoms with Crippen LogP contribution < -0.4 is 0 Å². The van der Waals surface area contributed by atoms with Gasteiger partial charge in [0.15, 0.2) is 0 Å². The van der Waals surface area contributed by atoms with Crippen molar-refractivity contribution in [2.45, 2.75) is 6.92 Å². The van der Waals surface area contributed by atoms with Crippen molar-refractivity contribution in [3.63, 3.8) is 0 Å². The summed E-state index contributed by atoms with van der Waals surface area (Å²) in [5.74, 6) is -1.46. The number of hydrogen-bond donors (Lipinski definition) is 0. The lowest BCUT2D eigenvalue weighted by Crippen LogP contribution is -2.15. The number of methoxy groups -OCH3 is 2. The van der Waals surface area contributed by atoms with Gasteiger partial charge in [-0.05, 0) is 30.2 Å². The number of carbonyl (C=O) groups excluding carboxylic acids is 2. The van der Waals surface area contributed by atoms with Crippen molar-refractivity contribution < 1.29 is 19.1 Å². The van der Waals surface area contributed by atoms with Crippen LogP contribution in [0, 0.1) is 0 Å². The molecule has 19 heavy (non-hydrogen) atoms. The molecule has 0 atom stereocenters. The molecule has 0 spiro atoms. The van der Waals surface area contributed by atoms with Gasteiger partial charge < -0.3 is 9.47 Å². The standard InChI is InChI=1S/C14H15NO4/c1-10(7-11-5-4-6-15-9-11)8-12(13(16)18-2)14(17)19-3/h4-9H,1-3H3/b10-7+. The van der Waals surface area contributed by atoms with Crippen LogP contribution in [0.25, 0.3) is 6.08 Å². The molecule has 100 valence electrons. The lowest BCUT2D eigenvalue weighted by atomic mass is 10.1. The molecule has 0 saturated carbocycles. The number of nitrogens with zero attached hydrogens (tertiary/aromatic N) is 1. The maximum Gasteiger partial charge on any atom is 0.345 e. The van der Waals surface area contributed by atoms with Crippen molar-refractivity contribution >= 4 is 18.0 Å². The van der Waals surface area contributed by atoms with Gasteiger partial charge in [0.1, 0.15) is 5.57 Å². The van der Waals surface area contributed by atoms with Crippen LogP contribution in [0.5, 0.6) is 0 Å². The second kappa shape index (κ2) is 7.10. The SMILES string of the molecule is COC(=O)C(=C/C(C)=C/c1cccnc1)C(=O)OC. The number of ether oxygens (including phenoxy) is 2. The largest absolute Gasteiger partial charge is 0.465 e. The molecule has 0 bridgehead atoms. The molecule has 1 aromatic rings. The van der Waals surface area contributed by atoms with E-state index in [0.717, 1.165) is 5.56 Å². The van der Waals surface area contributed by atoms with E-state index in [1.807, 2.05) is 6.07 Å². The van der Waals surface area contributed by atoms with Gasteiger partial charge in [0, 0.05) is 12.4 Å². The highest BCUT2D eigenvalue weighted by atomic mass is 16.5. The van der Waals surface area contributed by atoms with Crippen LogP contribution in [-0.4, -0.2) is 31.1 Å². The van der Waals surface area contributed by atoms with Crippen molar-refractivity contribution in [3.8, 4) is 0 Å². The molecule has 0 N–H and O–H groups in total. The van der Waals surface area contributed by atoms with Gasteiger partial charge in [-0.15, -0.1) is 0 Å². The fraction of sp³-hybridized carbons (Fsp3) is 0.214. The molecule has 0 aliphatic carbocycles. The summed E-state index contributed by atoms with van der Waals surface area (Å²) in [5, 5.41) is 0. The lowest BCUT2D eigenvalue weighted by molar-refractivity contribution is -0.144. The smallest absolute Gasteiger partial charge is 0.345 e. The highest BCUT2D eigenvalue weighted by Crippen LogP contribution is 2.10. The van der Waals surface area contributed by atoms with Crippen LogP contribution in [0.4, 0.5) is 0 Å². The summed E-state index contributed by atoms with van der Waals surface area (Å²) in [7, 11) is 2.42. The predicted octanol–water partition coefficient (Wildman–Crippen LogP) is 1.76. The summed E-state index contributed by atoms with van der Waals surface area (Å²) in [4.78, 5) is 26.9. The molecule has 0 saturated heterocycles. The molecule has 5 nitrogen and oxygen atoms in total. The van der Waals surface area contributed by atoms with Crippen molar-refractivity contribution in [2.75, 3.05) is 14.2 Å². The Kier molecular flexibility index (Phi) is 5.47. The first-order valence-corrected chi connectivity index (χ1v) is 5.55. The molecule has 0 fully saturated rings. The van der Waals surface area contributed by atoms with Crippen molar-refractivity contribution in [3.05, 3.63) is 47.3 Å². The average Bonchev–Trinajstić information content (AvgIpc) is 2.44. The van der Waals surface area contributed by atoms with Crippen LogP contribution >= 0.6 is 0 Å². The quantitative estimate of drug-likeness (QED) is 0.272. The van der Waals surface area contributed by atoms with Gasteiger partial charge >= 0.3 is 11.9 Å². The molecule has 0 aliphatic rings. The van der Waals surface area contributed by atoms with Gasteiger partial charge in [0.05, 0.1) is 14.2 Å². The number of rotatable bonds is 4. The monoisotopic (exact) mass is 261 g/mol. The van der Waals surface area contributed by atoms with Crippen molar-refractivity contribution in [2.24, 2.45) is 0 Å². The first-order valence-electron chi connectivity index (χ1n) is 5.55. The number of hydrogen-bond acceptors (Lipinski definition) is 5. The van der Waals surface area contributed by atoms with Crippen LogP contribution in [0.3, 0.4) is 0 Å². The highest BCUT2D eigenvalue weighted by molar-refractivity contribution is 6.14. The molecule has 0 unspecified atom stereocenters. The van der Waals surface area contributed by atoms with Gasteiger partial charge in [0.25, 0.3) is 0 Å². The van der Waals surface area contributed by atoms with E-state index in [4.69, 9.17) is 0 Å². The molecule has 0 aromatic carbocycles. The van der Waals surface area contributed by atoms with Gasteiger partial charge in [-0.3, -0.25) is 4.98 Å². The normalized spacial score (nSPS) is 10.6. The highest BCUT2D eigenvalue weighted by Gasteiger charge is 2.19. The van der Waals surface area contributed by atoms with E-state index in [9.17, 15) is 9.59 Å². The maximum absolute atomic E-state index is 11.5. The van der Waals surface area contributed by atoms with E-state index >= 15 is 0 Å². The van der Waals surface area contributed by atoms with Gasteiger partial charge in [0.2, 0.25) is 0 Å². The molecule has 1 heterocycles.